The third-order valence-corrected chi connectivity index (χ3v) is 6.46. The Morgan fingerprint density at radius 2 is 1.53 bits per heavy atom. The number of nitrogens with zero attached hydrogens (tertiary/aromatic N) is 5. The summed E-state index contributed by atoms with van der Waals surface area (Å²) in [4.78, 5) is 35.2. The molecule has 2 aromatic heterocycles. The van der Waals surface area contributed by atoms with E-state index in [-0.39, 0.29) is 19.0 Å². The van der Waals surface area contributed by atoms with Crippen LogP contribution in [0.5, 0.6) is 5.75 Å². The summed E-state index contributed by atoms with van der Waals surface area (Å²) in [7, 11) is 1.59. The molecule has 11 heteroatoms. The number of methoxy groups -OCH3 is 1. The zero-order valence-corrected chi connectivity index (χ0v) is 21.4. The van der Waals surface area contributed by atoms with E-state index < -0.39 is 11.4 Å². The van der Waals surface area contributed by atoms with Crippen LogP contribution < -0.4 is 27.2 Å². The maximum atomic E-state index is 13.6. The Bertz CT molecular complexity index is 1690. The van der Waals surface area contributed by atoms with E-state index in [4.69, 9.17) is 22.1 Å². The molecule has 0 spiro atoms. The number of hydrogen-bond acceptors (Lipinski definition) is 7. The van der Waals surface area contributed by atoms with Crippen molar-refractivity contribution in [1.29, 1.82) is 0 Å². The van der Waals surface area contributed by atoms with Crippen molar-refractivity contribution in [3.8, 4) is 5.75 Å². The highest BCUT2D eigenvalue weighted by atomic mass is 35.5. The summed E-state index contributed by atoms with van der Waals surface area (Å²) in [5, 5.41) is 3.73. The summed E-state index contributed by atoms with van der Waals surface area (Å²) in [6.07, 6.45) is 0. The predicted octanol–water partition coefficient (Wildman–Crippen LogP) is 3.21. The molecule has 0 fully saturated rings. The molecule has 194 valence electrons. The third-order valence-electron chi connectivity index (χ3n) is 6.21. The lowest BCUT2D eigenvalue weighted by Gasteiger charge is -2.16. The molecular weight excluding hydrogens is 506 g/mol. The lowest BCUT2D eigenvalue weighted by atomic mass is 10.2. The third kappa shape index (κ3) is 5.25. The molecule has 0 unspecified atom stereocenters. The monoisotopic (exact) mass is 531 g/mol. The highest BCUT2D eigenvalue weighted by Gasteiger charge is 2.15. The average Bonchev–Trinajstić information content (AvgIpc) is 3.25. The summed E-state index contributed by atoms with van der Waals surface area (Å²) in [5.74, 6) is 1.26. The molecular formula is C27H26ClN7O3. The van der Waals surface area contributed by atoms with Crippen molar-refractivity contribution >= 4 is 34.5 Å². The second kappa shape index (κ2) is 10.8. The Balaban J connectivity index is 1.46. The second-order valence-corrected chi connectivity index (χ2v) is 9.12. The molecule has 0 aliphatic heterocycles. The van der Waals surface area contributed by atoms with Gasteiger partial charge in [0.25, 0.3) is 0 Å². The number of halogens is 1. The smallest absolute Gasteiger partial charge is 0.355 e. The molecule has 3 aromatic carbocycles. The van der Waals surface area contributed by atoms with Crippen molar-refractivity contribution < 1.29 is 4.74 Å². The Morgan fingerprint density at radius 1 is 0.868 bits per heavy atom. The second-order valence-electron chi connectivity index (χ2n) is 8.68. The lowest BCUT2D eigenvalue weighted by Crippen LogP contribution is -2.43. The van der Waals surface area contributed by atoms with Gasteiger partial charge < -0.3 is 20.4 Å². The standard InChI is InChI=1S/C27H26ClN7O3/c1-38-21-12-8-19(9-13-21)16-34-25(30-14-15-33-23-5-3-2-4-22(23)31-24(33)29)32-26(36)35(27(34)37)17-18-6-10-20(28)11-7-18/h2-13H,14-17H2,1H3,(H2,29,31)(H,30,32,36). The fourth-order valence-corrected chi connectivity index (χ4v) is 4.36. The van der Waals surface area contributed by atoms with E-state index in [9.17, 15) is 9.59 Å². The van der Waals surface area contributed by atoms with Gasteiger partial charge in [-0.05, 0) is 47.5 Å². The van der Waals surface area contributed by atoms with Crippen LogP contribution in [0.2, 0.25) is 5.02 Å². The molecule has 0 atom stereocenters. The molecule has 5 aromatic rings. The van der Waals surface area contributed by atoms with Crippen LogP contribution in [0.15, 0.2) is 82.4 Å². The maximum absolute atomic E-state index is 13.6. The van der Waals surface area contributed by atoms with Crippen LogP contribution in [-0.4, -0.2) is 37.3 Å². The maximum Gasteiger partial charge on any atom is 0.355 e. The molecule has 0 aliphatic carbocycles. The van der Waals surface area contributed by atoms with Gasteiger partial charge in [-0.3, -0.25) is 4.57 Å². The van der Waals surface area contributed by atoms with Gasteiger partial charge in [0.05, 0.1) is 31.2 Å². The number of imidazole rings is 1. The van der Waals surface area contributed by atoms with Crippen LogP contribution in [0.25, 0.3) is 11.0 Å². The first-order valence-electron chi connectivity index (χ1n) is 12.0. The SMILES string of the molecule is COc1ccc(Cn2c(NCCn3c(N)nc4ccccc43)nc(=O)n(Cc3ccc(Cl)cc3)c2=O)cc1. The van der Waals surface area contributed by atoms with Crippen molar-refractivity contribution in [2.75, 3.05) is 24.7 Å². The summed E-state index contributed by atoms with van der Waals surface area (Å²) >= 11 is 5.99. The van der Waals surface area contributed by atoms with Gasteiger partial charge in [0, 0.05) is 18.1 Å². The van der Waals surface area contributed by atoms with E-state index in [0.717, 1.165) is 26.7 Å². The molecule has 0 amide bonds. The number of hydrogen-bond donors (Lipinski definition) is 2. The van der Waals surface area contributed by atoms with Gasteiger partial charge in [0.15, 0.2) is 0 Å². The highest BCUT2D eigenvalue weighted by molar-refractivity contribution is 6.30. The number of nitrogen functional groups attached to an aromatic ring is 1. The van der Waals surface area contributed by atoms with Crippen LogP contribution >= 0.6 is 11.6 Å². The predicted molar refractivity (Wildman–Crippen MR) is 148 cm³/mol. The summed E-state index contributed by atoms with van der Waals surface area (Å²) in [6, 6.07) is 22.0. The number of fused-ring (bicyclic) bond motifs is 1. The minimum Gasteiger partial charge on any atom is -0.497 e. The largest absolute Gasteiger partial charge is 0.497 e. The van der Waals surface area contributed by atoms with E-state index in [0.29, 0.717) is 29.8 Å². The number of nitrogens with one attached hydrogen (secondary N) is 1. The van der Waals surface area contributed by atoms with Crippen molar-refractivity contribution in [1.82, 2.24) is 23.7 Å². The average molecular weight is 532 g/mol. The van der Waals surface area contributed by atoms with E-state index in [1.807, 2.05) is 53.1 Å². The summed E-state index contributed by atoms with van der Waals surface area (Å²) in [5.41, 5.74) is 8.29. The van der Waals surface area contributed by atoms with Crippen LogP contribution in [-0.2, 0) is 19.6 Å². The zero-order valence-electron chi connectivity index (χ0n) is 20.7. The van der Waals surface area contributed by atoms with Gasteiger partial charge >= 0.3 is 11.4 Å². The number of nitrogens with two attached hydrogens (primary N) is 1. The first kappa shape index (κ1) is 25.1. The zero-order chi connectivity index (χ0) is 26.6. The normalized spacial score (nSPS) is 11.1. The number of ether oxygens (including phenoxy) is 1. The number of benzene rings is 3. The number of rotatable bonds is 9. The van der Waals surface area contributed by atoms with Crippen LogP contribution in [0.4, 0.5) is 11.9 Å². The minimum atomic E-state index is -0.647. The Kier molecular flexibility index (Phi) is 7.14. The fraction of sp³-hybridized carbons (Fsp3) is 0.185. The van der Waals surface area contributed by atoms with Crippen molar-refractivity contribution in [3.05, 3.63) is 110 Å². The lowest BCUT2D eigenvalue weighted by molar-refractivity contribution is 0.414. The van der Waals surface area contributed by atoms with Crippen LogP contribution in [0, 0.1) is 0 Å². The van der Waals surface area contributed by atoms with Crippen molar-refractivity contribution in [2.45, 2.75) is 19.6 Å². The van der Waals surface area contributed by atoms with Gasteiger partial charge in [-0.1, -0.05) is 48.0 Å². The molecule has 0 radical (unpaired) electrons. The van der Waals surface area contributed by atoms with E-state index >= 15 is 0 Å². The van der Waals surface area contributed by atoms with Gasteiger partial charge in [-0.2, -0.15) is 4.98 Å². The first-order chi connectivity index (χ1) is 18.4. The number of para-hydroxylation sites is 2. The number of anilines is 2. The highest BCUT2D eigenvalue weighted by Crippen LogP contribution is 2.17. The van der Waals surface area contributed by atoms with Crippen molar-refractivity contribution in [2.24, 2.45) is 0 Å². The van der Waals surface area contributed by atoms with E-state index in [2.05, 4.69) is 15.3 Å². The molecule has 0 bridgehead atoms. The molecule has 10 nitrogen and oxygen atoms in total. The van der Waals surface area contributed by atoms with Gasteiger partial charge in [0.2, 0.25) is 11.9 Å². The number of aromatic nitrogens is 5. The van der Waals surface area contributed by atoms with Gasteiger partial charge in [-0.15, -0.1) is 0 Å². The quantitative estimate of drug-likeness (QED) is 0.299. The molecule has 2 heterocycles. The Hall–Kier alpha value is -4.57. The molecule has 0 saturated heterocycles. The van der Waals surface area contributed by atoms with Gasteiger partial charge in [0.1, 0.15) is 5.75 Å². The first-order valence-corrected chi connectivity index (χ1v) is 12.3. The van der Waals surface area contributed by atoms with E-state index in [1.165, 1.54) is 4.57 Å². The van der Waals surface area contributed by atoms with E-state index in [1.54, 1.807) is 31.4 Å². The topological polar surface area (TPSA) is 122 Å². The molecule has 0 saturated carbocycles. The Morgan fingerprint density at radius 3 is 2.24 bits per heavy atom. The minimum absolute atomic E-state index is 0.0717. The van der Waals surface area contributed by atoms with Crippen LogP contribution in [0.1, 0.15) is 11.1 Å². The fourth-order valence-electron chi connectivity index (χ4n) is 4.24. The Labute approximate surface area is 222 Å². The summed E-state index contributed by atoms with van der Waals surface area (Å²) < 4.78 is 9.67. The van der Waals surface area contributed by atoms with Crippen LogP contribution in [0.3, 0.4) is 0 Å². The van der Waals surface area contributed by atoms with Gasteiger partial charge in [-0.25, -0.2) is 19.1 Å². The molecule has 3 N–H and O–H groups in total. The molecule has 38 heavy (non-hydrogen) atoms. The van der Waals surface area contributed by atoms with Crippen molar-refractivity contribution in [3.63, 3.8) is 0 Å². The summed E-state index contributed by atoms with van der Waals surface area (Å²) in [6.45, 7) is 1.09. The molecule has 0 aliphatic rings. The molecule has 5 rings (SSSR count).